The average molecular weight is 465 g/mol. The number of hydrogen-bond donors (Lipinski definition) is 1. The Bertz CT molecular complexity index is 1070. The lowest BCUT2D eigenvalue weighted by molar-refractivity contribution is 0.204. The number of nitrogens with zero attached hydrogens (tertiary/aromatic N) is 1. The predicted molar refractivity (Wildman–Crippen MR) is 124 cm³/mol. The van der Waals surface area contributed by atoms with E-state index in [0.29, 0.717) is 5.69 Å². The molecule has 2 aromatic rings. The zero-order valence-corrected chi connectivity index (χ0v) is 20.0. The topological polar surface area (TPSA) is 83.5 Å². The van der Waals surface area contributed by atoms with E-state index in [-0.39, 0.29) is 21.9 Å². The van der Waals surface area contributed by atoms with Crippen LogP contribution < -0.4 is 4.72 Å². The number of nitrogens with one attached hydrogen (secondary N) is 1. The molecule has 8 heteroatoms. The molecule has 31 heavy (non-hydrogen) atoms. The third-order valence-electron chi connectivity index (χ3n) is 5.85. The number of sulfonamides is 2. The molecule has 3 rings (SSSR count). The minimum absolute atomic E-state index is 0.0489. The van der Waals surface area contributed by atoms with Crippen molar-refractivity contribution in [3.05, 3.63) is 54.1 Å². The Morgan fingerprint density at radius 3 is 1.97 bits per heavy atom. The summed E-state index contributed by atoms with van der Waals surface area (Å²) in [5.74, 6) is 0. The molecule has 0 amide bonds. The summed E-state index contributed by atoms with van der Waals surface area (Å²) >= 11 is 0. The Morgan fingerprint density at radius 1 is 0.871 bits per heavy atom. The predicted octanol–water partition coefficient (Wildman–Crippen LogP) is 4.78. The van der Waals surface area contributed by atoms with Crippen molar-refractivity contribution in [3.63, 3.8) is 0 Å². The molecule has 0 radical (unpaired) electrons. The van der Waals surface area contributed by atoms with E-state index < -0.39 is 20.0 Å². The van der Waals surface area contributed by atoms with E-state index in [1.54, 1.807) is 16.4 Å². The second-order valence-corrected chi connectivity index (χ2v) is 11.9. The molecule has 0 bridgehead atoms. The van der Waals surface area contributed by atoms with Gasteiger partial charge < -0.3 is 0 Å². The van der Waals surface area contributed by atoms with Gasteiger partial charge in [0.25, 0.3) is 10.0 Å². The van der Waals surface area contributed by atoms with Gasteiger partial charge in [0, 0.05) is 17.8 Å². The van der Waals surface area contributed by atoms with Crippen LogP contribution in [0.25, 0.3) is 0 Å². The van der Waals surface area contributed by atoms with Crippen molar-refractivity contribution in [1.29, 1.82) is 0 Å². The summed E-state index contributed by atoms with van der Waals surface area (Å²) in [7, 11) is -7.38. The second kappa shape index (κ2) is 9.71. The Morgan fingerprint density at radius 2 is 1.42 bits per heavy atom. The first-order chi connectivity index (χ1) is 14.6. The fourth-order valence-corrected chi connectivity index (χ4v) is 7.06. The van der Waals surface area contributed by atoms with Crippen LogP contribution in [0.1, 0.15) is 58.4 Å². The molecule has 1 aliphatic heterocycles. The fourth-order valence-electron chi connectivity index (χ4n) is 4.12. The molecule has 2 unspecified atom stereocenters. The molecule has 0 aromatic heterocycles. The highest BCUT2D eigenvalue weighted by Gasteiger charge is 2.35. The molecular formula is C23H32N2O4S2. The van der Waals surface area contributed by atoms with E-state index in [9.17, 15) is 16.8 Å². The first-order valence-electron chi connectivity index (χ1n) is 10.9. The number of hydrogen-bond acceptors (Lipinski definition) is 4. The van der Waals surface area contributed by atoms with E-state index in [1.165, 1.54) is 24.3 Å². The van der Waals surface area contributed by atoms with Gasteiger partial charge in [0.15, 0.2) is 0 Å². The number of piperidine rings is 1. The van der Waals surface area contributed by atoms with Crippen LogP contribution in [0.4, 0.5) is 5.69 Å². The van der Waals surface area contributed by atoms with Gasteiger partial charge in [-0.15, -0.1) is 0 Å². The molecule has 0 aliphatic carbocycles. The number of unbranched alkanes of at least 4 members (excludes halogenated alkanes) is 1. The molecule has 2 aromatic carbocycles. The van der Waals surface area contributed by atoms with Crippen molar-refractivity contribution >= 4 is 25.7 Å². The zero-order valence-electron chi connectivity index (χ0n) is 18.4. The molecule has 1 fully saturated rings. The zero-order chi connectivity index (χ0) is 22.6. The van der Waals surface area contributed by atoms with Crippen LogP contribution in [0.15, 0.2) is 58.3 Å². The van der Waals surface area contributed by atoms with E-state index >= 15 is 0 Å². The van der Waals surface area contributed by atoms with E-state index in [1.807, 2.05) is 26.0 Å². The highest BCUT2D eigenvalue weighted by molar-refractivity contribution is 7.92. The largest absolute Gasteiger partial charge is 0.280 e. The van der Waals surface area contributed by atoms with Crippen LogP contribution in [-0.4, -0.2) is 33.2 Å². The van der Waals surface area contributed by atoms with Gasteiger partial charge in [-0.2, -0.15) is 4.31 Å². The minimum Gasteiger partial charge on any atom is -0.280 e. The summed E-state index contributed by atoms with van der Waals surface area (Å²) < 4.78 is 55.8. The van der Waals surface area contributed by atoms with Crippen molar-refractivity contribution in [2.75, 3.05) is 4.72 Å². The van der Waals surface area contributed by atoms with Gasteiger partial charge in [0.2, 0.25) is 10.0 Å². The summed E-state index contributed by atoms with van der Waals surface area (Å²) in [6.45, 7) is 5.99. The average Bonchev–Trinajstić information content (AvgIpc) is 2.72. The summed E-state index contributed by atoms with van der Waals surface area (Å²) in [4.78, 5) is 0.358. The summed E-state index contributed by atoms with van der Waals surface area (Å²) in [6, 6.07) is 12.7. The fraction of sp³-hybridized carbons (Fsp3) is 0.478. The first kappa shape index (κ1) is 23.8. The molecule has 6 nitrogen and oxygen atoms in total. The number of anilines is 1. The smallest absolute Gasteiger partial charge is 0.261 e. The maximum atomic E-state index is 13.1. The van der Waals surface area contributed by atoms with E-state index in [2.05, 4.69) is 11.6 Å². The van der Waals surface area contributed by atoms with Crippen LogP contribution in [0, 0.1) is 0 Å². The van der Waals surface area contributed by atoms with Crippen LogP contribution in [0.5, 0.6) is 0 Å². The van der Waals surface area contributed by atoms with Crippen LogP contribution >= 0.6 is 0 Å². The maximum Gasteiger partial charge on any atom is 0.261 e. The molecular weight excluding hydrogens is 432 g/mol. The lowest BCUT2D eigenvalue weighted by Gasteiger charge is -2.37. The van der Waals surface area contributed by atoms with Crippen molar-refractivity contribution in [3.8, 4) is 0 Å². The van der Waals surface area contributed by atoms with Crippen molar-refractivity contribution < 1.29 is 16.8 Å². The highest BCUT2D eigenvalue weighted by Crippen LogP contribution is 2.30. The summed E-state index contributed by atoms with van der Waals surface area (Å²) in [5, 5.41) is 0. The van der Waals surface area contributed by atoms with Gasteiger partial charge >= 0.3 is 0 Å². The van der Waals surface area contributed by atoms with E-state index in [4.69, 9.17) is 0 Å². The molecule has 1 N–H and O–H groups in total. The number of benzene rings is 2. The maximum absolute atomic E-state index is 13.1. The number of aryl methyl sites for hydroxylation is 1. The van der Waals surface area contributed by atoms with Crippen LogP contribution in [0.3, 0.4) is 0 Å². The molecule has 2 atom stereocenters. The Kier molecular flexibility index (Phi) is 7.44. The van der Waals surface area contributed by atoms with Crippen LogP contribution in [-0.2, 0) is 26.5 Å². The van der Waals surface area contributed by atoms with Gasteiger partial charge in [-0.3, -0.25) is 4.72 Å². The SMILES string of the molecule is CCCCc1ccc(S(=O)(=O)Nc2ccc(S(=O)(=O)N3C(C)CCCC3C)cc2)cc1. The third-order valence-corrected chi connectivity index (χ3v) is 9.39. The Balaban J connectivity index is 1.75. The highest BCUT2D eigenvalue weighted by atomic mass is 32.2. The quantitative estimate of drug-likeness (QED) is 0.609. The van der Waals surface area contributed by atoms with Crippen molar-refractivity contribution in [2.24, 2.45) is 0 Å². The standard InChI is InChI=1S/C23H32N2O4S2/c1-4-5-9-20-10-14-22(15-11-20)30(26,27)24-21-12-16-23(17-13-21)31(28,29)25-18(2)7-6-8-19(25)3/h10-19,24H,4-9H2,1-3H3. The Hall–Kier alpha value is -1.90. The van der Waals surface area contributed by atoms with Gasteiger partial charge in [-0.1, -0.05) is 31.9 Å². The first-order valence-corrected chi connectivity index (χ1v) is 13.8. The number of rotatable bonds is 8. The van der Waals surface area contributed by atoms with Crippen molar-refractivity contribution in [2.45, 2.75) is 81.2 Å². The van der Waals surface area contributed by atoms with Gasteiger partial charge in [0.05, 0.1) is 9.79 Å². The summed E-state index contributed by atoms with van der Waals surface area (Å²) in [6.07, 6.45) is 5.79. The van der Waals surface area contributed by atoms with Gasteiger partial charge in [-0.05, 0) is 81.5 Å². The molecule has 170 valence electrons. The molecule has 0 spiro atoms. The molecule has 1 heterocycles. The van der Waals surface area contributed by atoms with Gasteiger partial charge in [0.1, 0.15) is 0 Å². The molecule has 0 saturated carbocycles. The minimum atomic E-state index is -3.75. The van der Waals surface area contributed by atoms with Crippen LogP contribution in [0.2, 0.25) is 0 Å². The lowest BCUT2D eigenvalue weighted by Crippen LogP contribution is -2.47. The lowest BCUT2D eigenvalue weighted by atomic mass is 10.0. The second-order valence-electron chi connectivity index (χ2n) is 8.34. The molecule has 1 saturated heterocycles. The monoisotopic (exact) mass is 464 g/mol. The van der Waals surface area contributed by atoms with Crippen molar-refractivity contribution in [1.82, 2.24) is 4.31 Å². The third kappa shape index (κ3) is 5.48. The van der Waals surface area contributed by atoms with E-state index in [0.717, 1.165) is 44.1 Å². The van der Waals surface area contributed by atoms with Gasteiger partial charge in [-0.25, -0.2) is 16.8 Å². The Labute approximate surface area is 186 Å². The summed E-state index contributed by atoms with van der Waals surface area (Å²) in [5.41, 5.74) is 1.44. The normalized spacial score (nSPS) is 20.5. The molecule has 1 aliphatic rings.